The molecule has 26 heavy (non-hydrogen) atoms. The SMILES string of the molecule is CN(C)c1nc(N)nc(COC(=O)[C@H]2CC(=O)Nc3cc(F)ccc32)n1. The van der Waals surface area contributed by atoms with E-state index in [0.29, 0.717) is 11.5 Å². The number of carbonyl (C=O) groups is 2. The monoisotopic (exact) mass is 360 g/mol. The standard InChI is InChI=1S/C16H17FN6O3/c1-23(2)16-21-12(20-15(18)22-16)7-26-14(25)10-6-13(24)19-11-5-8(17)3-4-9(10)11/h3-5,10H,6-7H2,1-2H3,(H,19,24)(H2,18,20,21,22)/t10-/m0/s1. The van der Waals surface area contributed by atoms with Gasteiger partial charge in [-0.2, -0.15) is 15.0 Å². The number of ether oxygens (including phenoxy) is 1. The Morgan fingerprint density at radius 2 is 2.15 bits per heavy atom. The van der Waals surface area contributed by atoms with Crippen molar-refractivity contribution in [3.8, 4) is 0 Å². The topological polar surface area (TPSA) is 123 Å². The lowest BCUT2D eigenvalue weighted by Gasteiger charge is -2.24. The van der Waals surface area contributed by atoms with E-state index in [2.05, 4.69) is 20.3 Å². The number of nitrogens with two attached hydrogens (primary N) is 1. The molecule has 1 atom stereocenters. The van der Waals surface area contributed by atoms with Gasteiger partial charge in [0, 0.05) is 26.2 Å². The number of rotatable bonds is 4. The highest BCUT2D eigenvalue weighted by Crippen LogP contribution is 2.33. The Balaban J connectivity index is 1.76. The second-order valence-electron chi connectivity index (χ2n) is 5.95. The van der Waals surface area contributed by atoms with Crippen molar-refractivity contribution in [2.75, 3.05) is 30.0 Å². The summed E-state index contributed by atoms with van der Waals surface area (Å²) in [5.74, 6) is -1.81. The van der Waals surface area contributed by atoms with Crippen molar-refractivity contribution >= 4 is 29.5 Å². The third kappa shape index (κ3) is 3.68. The first-order valence-electron chi connectivity index (χ1n) is 7.77. The van der Waals surface area contributed by atoms with E-state index in [1.807, 2.05) is 0 Å². The van der Waals surface area contributed by atoms with Crippen molar-refractivity contribution in [3.63, 3.8) is 0 Å². The fraction of sp³-hybridized carbons (Fsp3) is 0.312. The van der Waals surface area contributed by atoms with Gasteiger partial charge in [-0.3, -0.25) is 9.59 Å². The molecule has 10 heteroatoms. The molecular formula is C16H17FN6O3. The Kier molecular flexibility index (Phi) is 4.65. The number of hydrogen-bond donors (Lipinski definition) is 2. The van der Waals surface area contributed by atoms with Crippen LogP contribution >= 0.6 is 0 Å². The van der Waals surface area contributed by atoms with Gasteiger partial charge in [-0.1, -0.05) is 6.07 Å². The average molecular weight is 360 g/mol. The zero-order valence-electron chi connectivity index (χ0n) is 14.2. The van der Waals surface area contributed by atoms with Crippen LogP contribution < -0.4 is 16.0 Å². The minimum Gasteiger partial charge on any atom is -0.457 e. The third-order valence-corrected chi connectivity index (χ3v) is 3.77. The van der Waals surface area contributed by atoms with Crippen molar-refractivity contribution in [1.82, 2.24) is 15.0 Å². The van der Waals surface area contributed by atoms with Crippen molar-refractivity contribution in [2.45, 2.75) is 18.9 Å². The summed E-state index contributed by atoms with van der Waals surface area (Å²) in [5, 5.41) is 2.55. The molecule has 0 fully saturated rings. The lowest BCUT2D eigenvalue weighted by atomic mass is 9.90. The van der Waals surface area contributed by atoms with E-state index in [0.717, 1.165) is 0 Å². The Bertz CT molecular complexity index is 873. The largest absolute Gasteiger partial charge is 0.457 e. The van der Waals surface area contributed by atoms with Crippen LogP contribution in [0.15, 0.2) is 18.2 Å². The van der Waals surface area contributed by atoms with Gasteiger partial charge in [-0.25, -0.2) is 4.39 Å². The second kappa shape index (κ2) is 6.90. The molecule has 0 bridgehead atoms. The predicted molar refractivity (Wildman–Crippen MR) is 90.8 cm³/mol. The highest BCUT2D eigenvalue weighted by atomic mass is 19.1. The molecule has 3 N–H and O–H groups in total. The Hall–Kier alpha value is -3.30. The summed E-state index contributed by atoms with van der Waals surface area (Å²) in [6, 6.07) is 3.86. The lowest BCUT2D eigenvalue weighted by Crippen LogP contribution is -2.28. The maximum atomic E-state index is 13.4. The molecule has 0 radical (unpaired) electrons. The number of fused-ring (bicyclic) bond motifs is 1. The number of nitrogen functional groups attached to an aromatic ring is 1. The summed E-state index contributed by atoms with van der Waals surface area (Å²) in [6.45, 7) is -0.221. The molecule has 1 aromatic carbocycles. The van der Waals surface area contributed by atoms with E-state index in [4.69, 9.17) is 10.5 Å². The second-order valence-corrected chi connectivity index (χ2v) is 5.95. The predicted octanol–water partition coefficient (Wildman–Crippen LogP) is 0.828. The summed E-state index contributed by atoms with van der Waals surface area (Å²) in [5.41, 5.74) is 6.39. The van der Waals surface area contributed by atoms with Crippen LogP contribution in [0.1, 0.15) is 23.7 Å². The summed E-state index contributed by atoms with van der Waals surface area (Å²) in [4.78, 5) is 37.9. The molecule has 0 unspecified atom stereocenters. The minimum absolute atomic E-state index is 0.00705. The van der Waals surface area contributed by atoms with Gasteiger partial charge in [-0.15, -0.1) is 0 Å². The normalized spacial score (nSPS) is 15.8. The molecule has 0 saturated heterocycles. The number of carbonyl (C=O) groups excluding carboxylic acids is 2. The molecule has 9 nitrogen and oxygen atoms in total. The highest BCUT2D eigenvalue weighted by Gasteiger charge is 2.32. The number of nitrogens with one attached hydrogen (secondary N) is 1. The smallest absolute Gasteiger partial charge is 0.314 e. The molecule has 136 valence electrons. The van der Waals surface area contributed by atoms with E-state index >= 15 is 0 Å². The van der Waals surface area contributed by atoms with Gasteiger partial charge >= 0.3 is 5.97 Å². The van der Waals surface area contributed by atoms with Crippen LogP contribution in [0.3, 0.4) is 0 Å². The molecule has 1 aromatic heterocycles. The summed E-state index contributed by atoms with van der Waals surface area (Å²) >= 11 is 0. The number of benzene rings is 1. The Labute approximate surface area is 148 Å². The van der Waals surface area contributed by atoms with E-state index in [1.54, 1.807) is 19.0 Å². The number of nitrogens with zero attached hydrogens (tertiary/aromatic N) is 4. The highest BCUT2D eigenvalue weighted by molar-refractivity contribution is 5.99. The maximum Gasteiger partial charge on any atom is 0.314 e. The van der Waals surface area contributed by atoms with Crippen LogP contribution in [0.5, 0.6) is 0 Å². The Morgan fingerprint density at radius 1 is 1.38 bits per heavy atom. The van der Waals surface area contributed by atoms with Crippen molar-refractivity contribution in [3.05, 3.63) is 35.4 Å². The molecular weight excluding hydrogens is 343 g/mol. The summed E-state index contributed by atoms with van der Waals surface area (Å²) in [7, 11) is 3.47. The minimum atomic E-state index is -0.827. The average Bonchev–Trinajstić information content (AvgIpc) is 2.58. The number of anilines is 3. The van der Waals surface area contributed by atoms with Gasteiger partial charge in [0.15, 0.2) is 12.4 Å². The first-order chi connectivity index (χ1) is 12.3. The van der Waals surface area contributed by atoms with Crippen LogP contribution in [-0.2, 0) is 20.9 Å². The Morgan fingerprint density at radius 3 is 2.88 bits per heavy atom. The number of hydrogen-bond acceptors (Lipinski definition) is 8. The van der Waals surface area contributed by atoms with Gasteiger partial charge in [0.05, 0.1) is 5.92 Å². The van der Waals surface area contributed by atoms with Crippen LogP contribution in [0.25, 0.3) is 0 Å². The van der Waals surface area contributed by atoms with Crippen LogP contribution in [0, 0.1) is 5.82 Å². The van der Waals surface area contributed by atoms with E-state index in [-0.39, 0.29) is 36.4 Å². The van der Waals surface area contributed by atoms with Crippen molar-refractivity contribution in [1.29, 1.82) is 0 Å². The molecule has 1 amide bonds. The van der Waals surface area contributed by atoms with Crippen LogP contribution in [-0.4, -0.2) is 40.9 Å². The van der Waals surface area contributed by atoms with Crippen LogP contribution in [0.2, 0.25) is 0 Å². The molecule has 0 spiro atoms. The molecule has 2 heterocycles. The van der Waals surface area contributed by atoms with Gasteiger partial charge in [0.25, 0.3) is 0 Å². The lowest BCUT2D eigenvalue weighted by molar-refractivity contribution is -0.148. The first-order valence-corrected chi connectivity index (χ1v) is 7.77. The molecule has 1 aliphatic rings. The molecule has 1 aliphatic heterocycles. The zero-order valence-corrected chi connectivity index (χ0v) is 14.2. The van der Waals surface area contributed by atoms with Crippen LogP contribution in [0.4, 0.5) is 22.0 Å². The molecule has 0 aliphatic carbocycles. The quantitative estimate of drug-likeness (QED) is 0.769. The van der Waals surface area contributed by atoms with E-state index in [1.165, 1.54) is 18.2 Å². The molecule has 2 aromatic rings. The zero-order chi connectivity index (χ0) is 18.8. The number of halogens is 1. The van der Waals surface area contributed by atoms with Gasteiger partial charge in [0.1, 0.15) is 5.82 Å². The number of aromatic nitrogens is 3. The summed E-state index contributed by atoms with van der Waals surface area (Å²) in [6.07, 6.45) is -0.0836. The van der Waals surface area contributed by atoms with Gasteiger partial charge in [-0.05, 0) is 17.7 Å². The fourth-order valence-electron chi connectivity index (χ4n) is 2.57. The van der Waals surface area contributed by atoms with Gasteiger partial charge < -0.3 is 20.7 Å². The molecule has 3 rings (SSSR count). The van der Waals surface area contributed by atoms with E-state index < -0.39 is 17.7 Å². The number of amides is 1. The third-order valence-electron chi connectivity index (χ3n) is 3.77. The fourth-order valence-corrected chi connectivity index (χ4v) is 2.57. The summed E-state index contributed by atoms with van der Waals surface area (Å²) < 4.78 is 18.6. The van der Waals surface area contributed by atoms with Gasteiger partial charge in [0.2, 0.25) is 17.8 Å². The maximum absolute atomic E-state index is 13.4. The van der Waals surface area contributed by atoms with E-state index in [9.17, 15) is 14.0 Å². The van der Waals surface area contributed by atoms with Crippen molar-refractivity contribution < 1.29 is 18.7 Å². The first kappa shape index (κ1) is 17.5. The van der Waals surface area contributed by atoms with Crippen molar-refractivity contribution in [2.24, 2.45) is 0 Å². The number of esters is 1. The molecule has 0 saturated carbocycles.